The van der Waals surface area contributed by atoms with Crippen molar-refractivity contribution in [3.63, 3.8) is 0 Å². The zero-order valence-electron chi connectivity index (χ0n) is 21.2. The SMILES string of the molecule is FC(F)c1nc2ccccc2n1-c1nc(Nc2ccc(CN3CCCCC3)cc2)cc(N2CCOCC2)n1. The lowest BCUT2D eigenvalue weighted by Gasteiger charge is -2.28. The highest BCUT2D eigenvalue weighted by molar-refractivity contribution is 5.78. The number of morpholine rings is 1. The van der Waals surface area contributed by atoms with Crippen LogP contribution in [0, 0.1) is 0 Å². The molecule has 0 aliphatic carbocycles. The Kier molecular flexibility index (Phi) is 7.15. The maximum absolute atomic E-state index is 14.1. The monoisotopic (exact) mass is 519 g/mol. The van der Waals surface area contributed by atoms with Gasteiger partial charge in [0.1, 0.15) is 11.6 Å². The summed E-state index contributed by atoms with van der Waals surface area (Å²) in [7, 11) is 0. The molecule has 2 aliphatic rings. The summed E-state index contributed by atoms with van der Waals surface area (Å²) in [6.45, 7) is 5.73. The van der Waals surface area contributed by atoms with E-state index in [0.717, 1.165) is 25.3 Å². The average molecular weight is 520 g/mol. The summed E-state index contributed by atoms with van der Waals surface area (Å²) in [6, 6.07) is 17.2. The fourth-order valence-electron chi connectivity index (χ4n) is 5.16. The molecular weight excluding hydrogens is 488 g/mol. The number of ether oxygens (including phenoxy) is 1. The first-order chi connectivity index (χ1) is 18.6. The number of alkyl halides is 2. The molecule has 0 bridgehead atoms. The Hall–Kier alpha value is -3.63. The van der Waals surface area contributed by atoms with E-state index < -0.39 is 6.43 Å². The number of nitrogens with one attached hydrogen (secondary N) is 1. The molecule has 6 rings (SSSR count). The quantitative estimate of drug-likeness (QED) is 0.354. The molecule has 2 fully saturated rings. The first kappa shape index (κ1) is 24.7. The Labute approximate surface area is 220 Å². The third kappa shape index (κ3) is 5.32. The van der Waals surface area contributed by atoms with Crippen LogP contribution in [-0.4, -0.2) is 63.8 Å². The van der Waals surface area contributed by atoms with Gasteiger partial charge >= 0.3 is 0 Å². The van der Waals surface area contributed by atoms with Crippen molar-refractivity contribution >= 4 is 28.4 Å². The van der Waals surface area contributed by atoms with E-state index in [1.165, 1.54) is 29.4 Å². The van der Waals surface area contributed by atoms with E-state index in [1.54, 1.807) is 24.3 Å². The lowest BCUT2D eigenvalue weighted by molar-refractivity contribution is 0.122. The maximum atomic E-state index is 14.1. The molecule has 0 unspecified atom stereocenters. The van der Waals surface area contributed by atoms with Crippen molar-refractivity contribution in [1.29, 1.82) is 0 Å². The molecule has 198 valence electrons. The molecule has 4 heterocycles. The highest BCUT2D eigenvalue weighted by atomic mass is 19.3. The Morgan fingerprint density at radius 2 is 1.63 bits per heavy atom. The smallest absolute Gasteiger partial charge is 0.296 e. The molecule has 2 saturated heterocycles. The van der Waals surface area contributed by atoms with Gasteiger partial charge in [-0.3, -0.25) is 9.47 Å². The first-order valence-corrected chi connectivity index (χ1v) is 13.2. The summed E-state index contributed by atoms with van der Waals surface area (Å²) in [5.74, 6) is 0.958. The molecule has 4 aromatic rings. The summed E-state index contributed by atoms with van der Waals surface area (Å²) in [5.41, 5.74) is 3.15. The Balaban J connectivity index is 1.34. The predicted octanol–water partition coefficient (Wildman–Crippen LogP) is 5.32. The number of halogens is 2. The van der Waals surface area contributed by atoms with Crippen molar-refractivity contribution in [3.05, 3.63) is 66.0 Å². The molecule has 0 saturated carbocycles. The van der Waals surface area contributed by atoms with Gasteiger partial charge in [-0.1, -0.05) is 30.7 Å². The number of likely N-dealkylation sites (tertiary alicyclic amines) is 1. The standard InChI is InChI=1S/C28H31F2N7O/c29-26(30)27-32-22-6-2-3-7-23(22)37(27)28-33-24(18-25(34-28)36-14-16-38-17-15-36)31-21-10-8-20(9-11-21)19-35-12-4-1-5-13-35/h2-3,6-11,18,26H,1,4-5,12-17,19H2,(H,31,33,34). The minimum absolute atomic E-state index is 0.155. The van der Waals surface area contributed by atoms with Crippen LogP contribution in [0.5, 0.6) is 0 Å². The van der Waals surface area contributed by atoms with Gasteiger partial charge in [-0.25, -0.2) is 13.8 Å². The molecular formula is C28H31F2N7O. The molecule has 0 spiro atoms. The molecule has 0 radical (unpaired) electrons. The lowest BCUT2D eigenvalue weighted by Crippen LogP contribution is -2.37. The number of rotatable bonds is 7. The van der Waals surface area contributed by atoms with Crippen LogP contribution < -0.4 is 10.2 Å². The third-order valence-electron chi connectivity index (χ3n) is 7.10. The van der Waals surface area contributed by atoms with Crippen LogP contribution >= 0.6 is 0 Å². The molecule has 0 amide bonds. The van der Waals surface area contributed by atoms with Crippen LogP contribution in [0.25, 0.3) is 17.0 Å². The Bertz CT molecular complexity index is 1380. The first-order valence-electron chi connectivity index (χ1n) is 13.2. The number of para-hydroxylation sites is 2. The molecule has 1 N–H and O–H groups in total. The van der Waals surface area contributed by atoms with E-state index in [0.29, 0.717) is 49.0 Å². The fourth-order valence-corrected chi connectivity index (χ4v) is 5.16. The highest BCUT2D eigenvalue weighted by Gasteiger charge is 2.24. The topological polar surface area (TPSA) is 71.3 Å². The minimum Gasteiger partial charge on any atom is -0.378 e. The second kappa shape index (κ2) is 11.0. The molecule has 2 aromatic heterocycles. The maximum Gasteiger partial charge on any atom is 0.296 e. The summed E-state index contributed by atoms with van der Waals surface area (Å²) in [4.78, 5) is 18.1. The number of benzene rings is 2. The van der Waals surface area contributed by atoms with Crippen LogP contribution in [0.3, 0.4) is 0 Å². The Morgan fingerprint density at radius 1 is 0.868 bits per heavy atom. The number of imidazole rings is 1. The zero-order chi connectivity index (χ0) is 25.9. The van der Waals surface area contributed by atoms with Crippen LogP contribution in [-0.2, 0) is 11.3 Å². The van der Waals surface area contributed by atoms with E-state index in [-0.39, 0.29) is 11.8 Å². The van der Waals surface area contributed by atoms with Crippen molar-refractivity contribution in [3.8, 4) is 5.95 Å². The second-order valence-corrected chi connectivity index (χ2v) is 9.76. The average Bonchev–Trinajstić information content (AvgIpc) is 3.35. The van der Waals surface area contributed by atoms with Gasteiger partial charge in [-0.05, 0) is 55.8 Å². The van der Waals surface area contributed by atoms with Crippen LogP contribution in [0.1, 0.15) is 37.1 Å². The van der Waals surface area contributed by atoms with Gasteiger partial charge in [0.15, 0.2) is 5.82 Å². The van der Waals surface area contributed by atoms with Gasteiger partial charge in [0.05, 0.1) is 24.2 Å². The molecule has 8 nitrogen and oxygen atoms in total. The summed E-state index contributed by atoms with van der Waals surface area (Å²) in [6.07, 6.45) is 1.07. The van der Waals surface area contributed by atoms with E-state index >= 15 is 0 Å². The number of fused-ring (bicyclic) bond motifs is 1. The highest BCUT2D eigenvalue weighted by Crippen LogP contribution is 2.29. The van der Waals surface area contributed by atoms with E-state index in [1.807, 2.05) is 18.2 Å². The molecule has 2 aromatic carbocycles. The van der Waals surface area contributed by atoms with Crippen LogP contribution in [0.4, 0.5) is 26.1 Å². The number of anilines is 3. The van der Waals surface area contributed by atoms with Gasteiger partial charge in [-0.2, -0.15) is 9.97 Å². The van der Waals surface area contributed by atoms with Crippen molar-refractivity contribution in [2.75, 3.05) is 49.6 Å². The van der Waals surface area contributed by atoms with E-state index in [4.69, 9.17) is 9.72 Å². The van der Waals surface area contributed by atoms with Crippen molar-refractivity contribution in [1.82, 2.24) is 24.4 Å². The minimum atomic E-state index is -2.78. The summed E-state index contributed by atoms with van der Waals surface area (Å²) < 4.78 is 35.0. The number of hydrogen-bond donors (Lipinski definition) is 1. The molecule has 38 heavy (non-hydrogen) atoms. The zero-order valence-corrected chi connectivity index (χ0v) is 21.2. The van der Waals surface area contributed by atoms with Gasteiger partial charge in [-0.15, -0.1) is 0 Å². The molecule has 2 aliphatic heterocycles. The number of hydrogen-bond acceptors (Lipinski definition) is 7. The number of aromatic nitrogens is 4. The van der Waals surface area contributed by atoms with Crippen LogP contribution in [0.2, 0.25) is 0 Å². The van der Waals surface area contributed by atoms with Crippen LogP contribution in [0.15, 0.2) is 54.6 Å². The second-order valence-electron chi connectivity index (χ2n) is 9.76. The van der Waals surface area contributed by atoms with Gasteiger partial charge < -0.3 is 15.0 Å². The summed E-state index contributed by atoms with van der Waals surface area (Å²) >= 11 is 0. The normalized spacial score (nSPS) is 16.9. The van der Waals surface area contributed by atoms with Crippen molar-refractivity contribution in [2.24, 2.45) is 0 Å². The van der Waals surface area contributed by atoms with Gasteiger partial charge in [0, 0.05) is 31.4 Å². The van der Waals surface area contributed by atoms with Gasteiger partial charge in [0.25, 0.3) is 6.43 Å². The predicted molar refractivity (Wildman–Crippen MR) is 144 cm³/mol. The largest absolute Gasteiger partial charge is 0.378 e. The van der Waals surface area contributed by atoms with Gasteiger partial charge in [0.2, 0.25) is 5.95 Å². The third-order valence-corrected chi connectivity index (χ3v) is 7.10. The molecule has 0 atom stereocenters. The summed E-state index contributed by atoms with van der Waals surface area (Å²) in [5, 5.41) is 3.37. The van der Waals surface area contributed by atoms with E-state index in [2.05, 4.69) is 37.2 Å². The fraction of sp³-hybridized carbons (Fsp3) is 0.393. The van der Waals surface area contributed by atoms with Crippen molar-refractivity contribution in [2.45, 2.75) is 32.2 Å². The lowest BCUT2D eigenvalue weighted by atomic mass is 10.1. The number of nitrogens with zero attached hydrogens (tertiary/aromatic N) is 6. The Morgan fingerprint density at radius 3 is 2.39 bits per heavy atom. The van der Waals surface area contributed by atoms with Crippen molar-refractivity contribution < 1.29 is 13.5 Å². The number of piperidine rings is 1. The van der Waals surface area contributed by atoms with E-state index in [9.17, 15) is 8.78 Å². The molecule has 10 heteroatoms.